The zero-order valence-electron chi connectivity index (χ0n) is 12.1. The fourth-order valence-electron chi connectivity index (χ4n) is 4.79. The van der Waals surface area contributed by atoms with Gasteiger partial charge >= 0.3 is 0 Å². The van der Waals surface area contributed by atoms with Crippen LogP contribution in [0.25, 0.3) is 16.3 Å². The summed E-state index contributed by atoms with van der Waals surface area (Å²) >= 11 is 0. The highest BCUT2D eigenvalue weighted by molar-refractivity contribution is 6.05. The molecule has 1 nitrogen and oxygen atoms in total. The van der Waals surface area contributed by atoms with Crippen molar-refractivity contribution in [2.24, 2.45) is 5.92 Å². The molecular weight excluding hydrogens is 256 g/mol. The molecule has 2 atom stereocenters. The number of hydrogen-bond donors (Lipinski definition) is 0. The summed E-state index contributed by atoms with van der Waals surface area (Å²) in [5, 5.41) is 2.87. The van der Waals surface area contributed by atoms with Crippen molar-refractivity contribution in [3.8, 4) is 0 Å². The van der Waals surface area contributed by atoms with Gasteiger partial charge in [0.2, 0.25) is 0 Å². The first-order valence-electron chi connectivity index (χ1n) is 8.10. The standard InChI is InChI=1S/C20H18O/c21-16-10-15-7-6-14-5-4-12-2-1-3-13-8-9-17(18(15)11-16)20(14)19(12)13/h1-3,8-9,11,14-15H,4-7,10H2. The summed E-state index contributed by atoms with van der Waals surface area (Å²) in [4.78, 5) is 11.9. The lowest BCUT2D eigenvalue weighted by atomic mass is 9.77. The van der Waals surface area contributed by atoms with Gasteiger partial charge in [-0.3, -0.25) is 4.79 Å². The zero-order chi connectivity index (χ0) is 14.0. The quantitative estimate of drug-likeness (QED) is 0.684. The van der Waals surface area contributed by atoms with E-state index in [1.54, 1.807) is 5.56 Å². The van der Waals surface area contributed by atoms with Gasteiger partial charge in [0, 0.05) is 6.42 Å². The van der Waals surface area contributed by atoms with Gasteiger partial charge < -0.3 is 0 Å². The third-order valence-electron chi connectivity index (χ3n) is 5.72. The molecule has 0 aromatic heterocycles. The molecule has 2 aromatic carbocycles. The lowest BCUT2D eigenvalue weighted by Gasteiger charge is -2.26. The Labute approximate surface area is 124 Å². The smallest absolute Gasteiger partial charge is 0.156 e. The third-order valence-corrected chi connectivity index (χ3v) is 5.72. The minimum Gasteiger partial charge on any atom is -0.295 e. The van der Waals surface area contributed by atoms with Gasteiger partial charge in [-0.15, -0.1) is 0 Å². The van der Waals surface area contributed by atoms with E-state index in [-0.39, 0.29) is 0 Å². The van der Waals surface area contributed by atoms with E-state index in [9.17, 15) is 4.79 Å². The Morgan fingerprint density at radius 2 is 1.86 bits per heavy atom. The second-order valence-corrected chi connectivity index (χ2v) is 6.82. The molecule has 0 heterocycles. The van der Waals surface area contributed by atoms with E-state index in [1.807, 2.05) is 6.08 Å². The van der Waals surface area contributed by atoms with E-state index >= 15 is 0 Å². The summed E-state index contributed by atoms with van der Waals surface area (Å²) in [6.07, 6.45) is 7.58. The van der Waals surface area contributed by atoms with Crippen molar-refractivity contribution in [1.82, 2.24) is 0 Å². The molecule has 2 aromatic rings. The maximum absolute atomic E-state index is 11.9. The number of rotatable bonds is 0. The van der Waals surface area contributed by atoms with Crippen LogP contribution in [0.2, 0.25) is 0 Å². The minimum absolute atomic E-state index is 0.324. The monoisotopic (exact) mass is 274 g/mol. The highest BCUT2D eigenvalue weighted by Gasteiger charge is 2.34. The highest BCUT2D eigenvalue weighted by atomic mass is 16.1. The number of carbonyl (C=O) groups excluding carboxylic acids is 1. The van der Waals surface area contributed by atoms with Crippen LogP contribution >= 0.6 is 0 Å². The number of aryl methyl sites for hydroxylation is 1. The molecule has 0 aliphatic heterocycles. The van der Waals surface area contributed by atoms with Crippen LogP contribution in [0, 0.1) is 5.92 Å². The molecule has 0 radical (unpaired) electrons. The third kappa shape index (κ3) is 1.55. The zero-order valence-corrected chi connectivity index (χ0v) is 12.1. The lowest BCUT2D eigenvalue weighted by Crippen LogP contribution is -2.09. The van der Waals surface area contributed by atoms with Crippen LogP contribution in [0.15, 0.2) is 36.4 Å². The maximum atomic E-state index is 11.9. The van der Waals surface area contributed by atoms with Gasteiger partial charge in [0.05, 0.1) is 0 Å². The molecule has 0 bridgehead atoms. The molecule has 0 saturated heterocycles. The molecule has 0 spiro atoms. The molecule has 3 aliphatic rings. The van der Waals surface area contributed by atoms with E-state index in [0.717, 1.165) is 6.42 Å². The molecule has 0 saturated carbocycles. The van der Waals surface area contributed by atoms with Crippen molar-refractivity contribution < 1.29 is 4.79 Å². The Hall–Kier alpha value is -1.89. The van der Waals surface area contributed by atoms with E-state index < -0.39 is 0 Å². The van der Waals surface area contributed by atoms with Gasteiger partial charge in [-0.1, -0.05) is 30.3 Å². The number of benzene rings is 2. The number of carbonyl (C=O) groups is 1. The van der Waals surface area contributed by atoms with Crippen LogP contribution in [-0.2, 0) is 11.2 Å². The number of ketones is 1. The van der Waals surface area contributed by atoms with Crippen molar-refractivity contribution in [2.75, 3.05) is 0 Å². The SMILES string of the molecule is O=C1C=C2c3ccc4cccc5c4c3C(CC5)CCC2C1. The Balaban J connectivity index is 1.89. The largest absolute Gasteiger partial charge is 0.295 e. The Kier molecular flexibility index (Phi) is 2.27. The summed E-state index contributed by atoms with van der Waals surface area (Å²) in [5.74, 6) is 1.49. The summed E-state index contributed by atoms with van der Waals surface area (Å²) < 4.78 is 0. The highest BCUT2D eigenvalue weighted by Crippen LogP contribution is 2.49. The fourth-order valence-corrected chi connectivity index (χ4v) is 4.79. The first kappa shape index (κ1) is 11.7. The molecule has 104 valence electrons. The van der Waals surface area contributed by atoms with Gasteiger partial charge in [0.1, 0.15) is 0 Å². The van der Waals surface area contributed by atoms with E-state index in [0.29, 0.717) is 17.6 Å². The van der Waals surface area contributed by atoms with E-state index in [4.69, 9.17) is 0 Å². The minimum atomic E-state index is 0.324. The van der Waals surface area contributed by atoms with Gasteiger partial charge in [-0.25, -0.2) is 0 Å². The van der Waals surface area contributed by atoms with Crippen molar-refractivity contribution >= 4 is 22.1 Å². The van der Waals surface area contributed by atoms with E-state index in [2.05, 4.69) is 30.3 Å². The van der Waals surface area contributed by atoms with Crippen LogP contribution < -0.4 is 0 Å². The Morgan fingerprint density at radius 1 is 0.952 bits per heavy atom. The molecule has 5 rings (SSSR count). The topological polar surface area (TPSA) is 17.1 Å². The number of allylic oxidation sites excluding steroid dienone is 2. The first-order chi connectivity index (χ1) is 10.3. The second kappa shape index (κ2) is 4.07. The molecule has 0 fully saturated rings. The Morgan fingerprint density at radius 3 is 2.81 bits per heavy atom. The summed E-state index contributed by atoms with van der Waals surface area (Å²) in [6, 6.07) is 11.2. The fraction of sp³-hybridized carbons (Fsp3) is 0.350. The summed E-state index contributed by atoms with van der Waals surface area (Å²) in [5.41, 5.74) is 5.77. The van der Waals surface area contributed by atoms with Crippen molar-refractivity contribution in [2.45, 2.75) is 38.0 Å². The summed E-state index contributed by atoms with van der Waals surface area (Å²) in [7, 11) is 0. The van der Waals surface area contributed by atoms with Crippen LogP contribution in [0.3, 0.4) is 0 Å². The van der Waals surface area contributed by atoms with Gasteiger partial charge in [0.15, 0.2) is 5.78 Å². The van der Waals surface area contributed by atoms with Gasteiger partial charge in [0.25, 0.3) is 0 Å². The van der Waals surface area contributed by atoms with Crippen molar-refractivity contribution in [3.63, 3.8) is 0 Å². The van der Waals surface area contributed by atoms with Crippen LogP contribution in [0.1, 0.15) is 48.3 Å². The average molecular weight is 274 g/mol. The van der Waals surface area contributed by atoms with Crippen molar-refractivity contribution in [3.05, 3.63) is 53.1 Å². The normalized spacial score (nSPS) is 26.5. The van der Waals surface area contributed by atoms with Crippen LogP contribution in [-0.4, -0.2) is 5.78 Å². The van der Waals surface area contributed by atoms with Gasteiger partial charge in [-0.2, -0.15) is 0 Å². The molecule has 1 heteroatoms. The molecule has 3 aliphatic carbocycles. The second-order valence-electron chi connectivity index (χ2n) is 6.82. The first-order valence-corrected chi connectivity index (χ1v) is 8.10. The molecule has 2 unspecified atom stereocenters. The van der Waals surface area contributed by atoms with E-state index in [1.165, 1.54) is 53.2 Å². The lowest BCUT2D eigenvalue weighted by molar-refractivity contribution is -0.114. The maximum Gasteiger partial charge on any atom is 0.156 e. The molecule has 0 N–H and O–H groups in total. The molecular formula is C20H18O. The van der Waals surface area contributed by atoms with Crippen molar-refractivity contribution in [1.29, 1.82) is 0 Å². The molecule has 0 amide bonds. The predicted octanol–water partition coefficient (Wildman–Crippen LogP) is 4.64. The Bertz CT molecular complexity index is 812. The van der Waals surface area contributed by atoms with Gasteiger partial charge in [-0.05, 0) is 76.6 Å². The predicted molar refractivity (Wildman–Crippen MR) is 85.3 cm³/mol. The molecule has 21 heavy (non-hydrogen) atoms. The van der Waals surface area contributed by atoms with Crippen LogP contribution in [0.5, 0.6) is 0 Å². The number of hydrogen-bond acceptors (Lipinski definition) is 1. The average Bonchev–Trinajstić information content (AvgIpc) is 2.81. The number of fused-ring (bicyclic) bond motifs is 2. The summed E-state index contributed by atoms with van der Waals surface area (Å²) in [6.45, 7) is 0. The van der Waals surface area contributed by atoms with Crippen LogP contribution in [0.4, 0.5) is 0 Å².